The number of hydrogen-bond donors (Lipinski definition) is 1. The molecule has 0 saturated carbocycles. The van der Waals surface area contributed by atoms with Crippen molar-refractivity contribution in [3.05, 3.63) is 45.3 Å². The number of ether oxygens (including phenoxy) is 1. The van der Waals surface area contributed by atoms with Crippen LogP contribution in [-0.4, -0.2) is 13.1 Å². The molecule has 1 aliphatic carbocycles. The van der Waals surface area contributed by atoms with Gasteiger partial charge in [-0.25, -0.2) is 4.79 Å². The quantitative estimate of drug-likeness (QED) is 0.829. The van der Waals surface area contributed by atoms with Crippen molar-refractivity contribution in [1.29, 1.82) is 0 Å². The predicted molar refractivity (Wildman–Crippen MR) is 91.5 cm³/mol. The molecule has 0 amide bonds. The van der Waals surface area contributed by atoms with Crippen molar-refractivity contribution in [2.45, 2.75) is 39.5 Å². The summed E-state index contributed by atoms with van der Waals surface area (Å²) in [5.41, 5.74) is 5.40. The molecule has 0 saturated heterocycles. The van der Waals surface area contributed by atoms with Gasteiger partial charge in [0.1, 0.15) is 5.00 Å². The molecule has 22 heavy (non-hydrogen) atoms. The molecule has 1 N–H and O–H groups in total. The molecule has 1 heterocycles. The van der Waals surface area contributed by atoms with Crippen molar-refractivity contribution in [1.82, 2.24) is 0 Å². The molecule has 0 fully saturated rings. The van der Waals surface area contributed by atoms with E-state index in [1.807, 2.05) is 0 Å². The highest BCUT2D eigenvalue weighted by molar-refractivity contribution is 7.16. The van der Waals surface area contributed by atoms with E-state index in [4.69, 9.17) is 4.74 Å². The van der Waals surface area contributed by atoms with Gasteiger partial charge in [0.05, 0.1) is 12.7 Å². The van der Waals surface area contributed by atoms with Gasteiger partial charge < -0.3 is 10.1 Å². The summed E-state index contributed by atoms with van der Waals surface area (Å²) in [7, 11) is 1.45. The SMILES string of the molecule is COC(=O)c1c(Nc2ccc(C)cc2C)sc2c1CCCC2. The average molecular weight is 315 g/mol. The van der Waals surface area contributed by atoms with E-state index >= 15 is 0 Å². The molecule has 0 radical (unpaired) electrons. The Bertz CT molecular complexity index is 718. The Morgan fingerprint density at radius 2 is 2.00 bits per heavy atom. The van der Waals surface area contributed by atoms with Crippen LogP contribution in [0.25, 0.3) is 0 Å². The number of fused-ring (bicyclic) bond motifs is 1. The van der Waals surface area contributed by atoms with Crippen LogP contribution in [0.5, 0.6) is 0 Å². The minimum Gasteiger partial charge on any atom is -0.465 e. The van der Waals surface area contributed by atoms with E-state index < -0.39 is 0 Å². The van der Waals surface area contributed by atoms with E-state index in [9.17, 15) is 4.79 Å². The third-order valence-corrected chi connectivity index (χ3v) is 5.40. The molecule has 0 aliphatic heterocycles. The summed E-state index contributed by atoms with van der Waals surface area (Å²) in [4.78, 5) is 13.6. The molecule has 1 aromatic carbocycles. The van der Waals surface area contributed by atoms with Crippen molar-refractivity contribution >= 4 is 28.0 Å². The number of carbonyl (C=O) groups is 1. The summed E-state index contributed by atoms with van der Waals surface area (Å²) >= 11 is 1.70. The standard InChI is InChI=1S/C18H21NO2S/c1-11-8-9-14(12(2)10-11)19-17-16(18(20)21-3)13-6-4-5-7-15(13)22-17/h8-10,19H,4-7H2,1-3H3. The summed E-state index contributed by atoms with van der Waals surface area (Å²) in [5, 5.41) is 4.38. The van der Waals surface area contributed by atoms with Crippen LogP contribution >= 0.6 is 11.3 Å². The average Bonchev–Trinajstić information content (AvgIpc) is 2.87. The minimum atomic E-state index is -0.230. The lowest BCUT2D eigenvalue weighted by molar-refractivity contribution is 0.0601. The van der Waals surface area contributed by atoms with Gasteiger partial charge in [0, 0.05) is 10.6 Å². The molecule has 116 valence electrons. The van der Waals surface area contributed by atoms with E-state index in [1.54, 1.807) is 11.3 Å². The molecule has 0 atom stereocenters. The summed E-state index contributed by atoms with van der Waals surface area (Å²) in [6, 6.07) is 6.30. The highest BCUT2D eigenvalue weighted by Crippen LogP contribution is 2.40. The molecule has 1 aliphatic rings. The molecular weight excluding hydrogens is 294 g/mol. The van der Waals surface area contributed by atoms with Gasteiger partial charge in [-0.1, -0.05) is 17.7 Å². The summed E-state index contributed by atoms with van der Waals surface area (Å²) in [6.45, 7) is 4.17. The van der Waals surface area contributed by atoms with E-state index in [1.165, 1.54) is 35.1 Å². The normalized spacial score (nSPS) is 13.6. The van der Waals surface area contributed by atoms with Gasteiger partial charge in [0.25, 0.3) is 0 Å². The molecule has 0 unspecified atom stereocenters. The largest absolute Gasteiger partial charge is 0.465 e. The molecular formula is C18H21NO2S. The van der Waals surface area contributed by atoms with Crippen LogP contribution in [0.4, 0.5) is 10.7 Å². The summed E-state index contributed by atoms with van der Waals surface area (Å²) in [6.07, 6.45) is 4.40. The van der Waals surface area contributed by atoms with Gasteiger partial charge in [-0.2, -0.15) is 0 Å². The van der Waals surface area contributed by atoms with Gasteiger partial charge in [0.2, 0.25) is 0 Å². The monoisotopic (exact) mass is 315 g/mol. The van der Waals surface area contributed by atoms with E-state index in [-0.39, 0.29) is 5.97 Å². The third-order valence-electron chi connectivity index (χ3n) is 4.19. The van der Waals surface area contributed by atoms with Gasteiger partial charge in [-0.3, -0.25) is 0 Å². The molecule has 0 bridgehead atoms. The zero-order chi connectivity index (χ0) is 15.7. The highest BCUT2D eigenvalue weighted by Gasteiger charge is 2.26. The van der Waals surface area contributed by atoms with Gasteiger partial charge in [0.15, 0.2) is 0 Å². The molecule has 3 nitrogen and oxygen atoms in total. The number of benzene rings is 1. The summed E-state index contributed by atoms with van der Waals surface area (Å²) < 4.78 is 5.02. The second-order valence-electron chi connectivity index (χ2n) is 5.85. The Labute approximate surface area is 135 Å². The Hall–Kier alpha value is -1.81. The fourth-order valence-electron chi connectivity index (χ4n) is 3.05. The smallest absolute Gasteiger partial charge is 0.341 e. The predicted octanol–water partition coefficient (Wildman–Crippen LogP) is 4.77. The van der Waals surface area contributed by atoms with Crippen molar-refractivity contribution in [3.8, 4) is 0 Å². The first-order valence-electron chi connectivity index (χ1n) is 7.67. The Balaban J connectivity index is 2.02. The Kier molecular flexibility index (Phi) is 4.21. The first-order valence-corrected chi connectivity index (χ1v) is 8.49. The Morgan fingerprint density at radius 3 is 2.73 bits per heavy atom. The van der Waals surface area contributed by atoms with Crippen molar-refractivity contribution in [3.63, 3.8) is 0 Å². The third kappa shape index (κ3) is 2.75. The lowest BCUT2D eigenvalue weighted by atomic mass is 9.95. The first kappa shape index (κ1) is 15.1. The van der Waals surface area contributed by atoms with Gasteiger partial charge in [-0.05, 0) is 56.7 Å². The van der Waals surface area contributed by atoms with Crippen LogP contribution in [-0.2, 0) is 17.6 Å². The summed E-state index contributed by atoms with van der Waals surface area (Å²) in [5.74, 6) is -0.230. The van der Waals surface area contributed by atoms with Crippen molar-refractivity contribution in [2.24, 2.45) is 0 Å². The van der Waals surface area contributed by atoms with Crippen LogP contribution < -0.4 is 5.32 Å². The maximum atomic E-state index is 12.2. The number of methoxy groups -OCH3 is 1. The number of aryl methyl sites for hydroxylation is 3. The Morgan fingerprint density at radius 1 is 1.23 bits per heavy atom. The highest BCUT2D eigenvalue weighted by atomic mass is 32.1. The number of thiophene rings is 1. The van der Waals surface area contributed by atoms with Crippen LogP contribution in [0.2, 0.25) is 0 Å². The number of carbonyl (C=O) groups excluding carboxylic acids is 1. The second-order valence-corrected chi connectivity index (χ2v) is 6.96. The molecule has 2 aromatic rings. The zero-order valence-corrected chi connectivity index (χ0v) is 14.1. The number of hydrogen-bond acceptors (Lipinski definition) is 4. The van der Waals surface area contributed by atoms with Crippen molar-refractivity contribution < 1.29 is 9.53 Å². The maximum Gasteiger partial charge on any atom is 0.341 e. The number of nitrogens with one attached hydrogen (secondary N) is 1. The molecule has 3 rings (SSSR count). The fourth-order valence-corrected chi connectivity index (χ4v) is 4.34. The lowest BCUT2D eigenvalue weighted by Crippen LogP contribution is -2.09. The molecule has 0 spiro atoms. The van der Waals surface area contributed by atoms with E-state index in [0.29, 0.717) is 0 Å². The fraction of sp³-hybridized carbons (Fsp3) is 0.389. The maximum absolute atomic E-state index is 12.2. The van der Waals surface area contributed by atoms with Gasteiger partial charge >= 0.3 is 5.97 Å². The van der Waals surface area contributed by atoms with Crippen LogP contribution in [0, 0.1) is 13.8 Å². The van der Waals surface area contributed by atoms with E-state index in [2.05, 4.69) is 37.4 Å². The number of rotatable bonds is 3. The molecule has 1 aromatic heterocycles. The van der Waals surface area contributed by atoms with E-state index in [0.717, 1.165) is 35.5 Å². The lowest BCUT2D eigenvalue weighted by Gasteiger charge is -2.12. The topological polar surface area (TPSA) is 38.3 Å². The molecule has 4 heteroatoms. The van der Waals surface area contributed by atoms with Gasteiger partial charge in [-0.15, -0.1) is 11.3 Å². The first-order chi connectivity index (χ1) is 10.6. The van der Waals surface area contributed by atoms with Crippen LogP contribution in [0.3, 0.4) is 0 Å². The minimum absolute atomic E-state index is 0.230. The number of anilines is 2. The second kappa shape index (κ2) is 6.13. The van der Waals surface area contributed by atoms with Crippen LogP contribution in [0.1, 0.15) is 44.8 Å². The zero-order valence-electron chi connectivity index (χ0n) is 13.3. The number of esters is 1. The van der Waals surface area contributed by atoms with Crippen molar-refractivity contribution in [2.75, 3.05) is 12.4 Å². The van der Waals surface area contributed by atoms with Crippen LogP contribution in [0.15, 0.2) is 18.2 Å².